The topological polar surface area (TPSA) is 59.3 Å². The summed E-state index contributed by atoms with van der Waals surface area (Å²) in [5, 5.41) is 10.7. The highest BCUT2D eigenvalue weighted by molar-refractivity contribution is 5.82. The van der Waals surface area contributed by atoms with Gasteiger partial charge < -0.3 is 9.67 Å². The maximum atomic E-state index is 9.54. The third kappa shape index (κ3) is 3.38. The lowest BCUT2D eigenvalue weighted by molar-refractivity contribution is -0.191. The van der Waals surface area contributed by atoms with Crippen LogP contribution in [0, 0.1) is 0 Å². The van der Waals surface area contributed by atoms with Gasteiger partial charge in [0.05, 0.1) is 5.52 Å². The average Bonchev–Trinajstić information content (AvgIpc) is 2.78. The minimum Gasteiger partial charge on any atom is -0.508 e. The van der Waals surface area contributed by atoms with E-state index in [4.69, 9.17) is 9.59 Å². The van der Waals surface area contributed by atoms with Crippen molar-refractivity contribution in [1.29, 1.82) is 0 Å². The van der Waals surface area contributed by atoms with Crippen LogP contribution in [0.1, 0.15) is 11.3 Å². The Kier molecular flexibility index (Phi) is 4.54. The number of aryl methyl sites for hydroxylation is 1. The molecular weight excluding hydrogens is 266 g/mol. The van der Waals surface area contributed by atoms with E-state index in [1.54, 1.807) is 6.07 Å². The number of hydrogen-bond donors (Lipinski definition) is 1. The van der Waals surface area contributed by atoms with Crippen LogP contribution in [0.4, 0.5) is 0 Å². The standard InChI is InChI=1S/C16H15NO.CO2/c1-17-14(9-12-5-3-2-4-6-12)10-13-7-8-15(18)11-16(13)17;2-1-3/h2-8,10-11,18H,9H2,1H3;. The highest BCUT2D eigenvalue weighted by atomic mass is 16.3. The summed E-state index contributed by atoms with van der Waals surface area (Å²) >= 11 is 0. The highest BCUT2D eigenvalue weighted by Crippen LogP contribution is 2.24. The Hall–Kier alpha value is -2.84. The summed E-state index contributed by atoms with van der Waals surface area (Å²) in [6.07, 6.45) is 1.16. The van der Waals surface area contributed by atoms with Gasteiger partial charge in [-0.1, -0.05) is 30.3 Å². The molecule has 1 heterocycles. The molecule has 0 amide bonds. The van der Waals surface area contributed by atoms with Crippen LogP contribution >= 0.6 is 0 Å². The van der Waals surface area contributed by atoms with Gasteiger partial charge in [-0.25, -0.2) is 0 Å². The van der Waals surface area contributed by atoms with Gasteiger partial charge in [-0.15, -0.1) is 0 Å². The van der Waals surface area contributed by atoms with Crippen molar-refractivity contribution < 1.29 is 14.7 Å². The van der Waals surface area contributed by atoms with E-state index >= 15 is 0 Å². The Bertz CT molecular complexity index is 769. The second-order valence-electron chi connectivity index (χ2n) is 4.68. The van der Waals surface area contributed by atoms with Gasteiger partial charge in [0.25, 0.3) is 0 Å². The van der Waals surface area contributed by atoms with Gasteiger partial charge in [0.2, 0.25) is 0 Å². The molecule has 0 unspecified atom stereocenters. The van der Waals surface area contributed by atoms with Crippen LogP contribution < -0.4 is 0 Å². The fourth-order valence-corrected chi connectivity index (χ4v) is 2.35. The predicted molar refractivity (Wildman–Crippen MR) is 78.8 cm³/mol. The van der Waals surface area contributed by atoms with Gasteiger partial charge in [-0.3, -0.25) is 0 Å². The molecule has 0 aliphatic heterocycles. The molecule has 3 rings (SSSR count). The Balaban J connectivity index is 0.000000497. The van der Waals surface area contributed by atoms with E-state index in [1.165, 1.54) is 16.6 Å². The van der Waals surface area contributed by atoms with Crippen LogP contribution in [0.5, 0.6) is 5.75 Å². The van der Waals surface area contributed by atoms with Crippen molar-refractivity contribution in [2.45, 2.75) is 6.42 Å². The molecule has 3 aromatic rings. The molecule has 0 saturated carbocycles. The molecule has 4 nitrogen and oxygen atoms in total. The minimum atomic E-state index is 0.250. The summed E-state index contributed by atoms with van der Waals surface area (Å²) in [7, 11) is 2.04. The fraction of sp³-hybridized carbons (Fsp3) is 0.118. The van der Waals surface area contributed by atoms with Crippen LogP contribution in [0.25, 0.3) is 10.9 Å². The number of benzene rings is 2. The quantitative estimate of drug-likeness (QED) is 0.785. The molecule has 106 valence electrons. The zero-order valence-electron chi connectivity index (χ0n) is 11.6. The van der Waals surface area contributed by atoms with Crippen molar-refractivity contribution in [3.8, 4) is 5.75 Å². The lowest BCUT2D eigenvalue weighted by Gasteiger charge is -2.04. The number of nitrogens with zero attached hydrogens (tertiary/aromatic N) is 1. The molecule has 4 heteroatoms. The number of phenolic OH excluding ortho intramolecular Hbond substituents is 1. The molecular formula is C17H15NO3. The lowest BCUT2D eigenvalue weighted by atomic mass is 10.1. The number of hydrogen-bond acceptors (Lipinski definition) is 3. The number of rotatable bonds is 2. The van der Waals surface area contributed by atoms with Crippen LogP contribution in [0.3, 0.4) is 0 Å². The summed E-state index contributed by atoms with van der Waals surface area (Å²) < 4.78 is 2.14. The van der Waals surface area contributed by atoms with Gasteiger partial charge in [0.15, 0.2) is 0 Å². The number of fused-ring (bicyclic) bond motifs is 1. The summed E-state index contributed by atoms with van der Waals surface area (Å²) in [6, 6.07) is 18.1. The third-order valence-electron chi connectivity index (χ3n) is 3.36. The van der Waals surface area contributed by atoms with Crippen LogP contribution in [0.2, 0.25) is 0 Å². The molecule has 21 heavy (non-hydrogen) atoms. The van der Waals surface area contributed by atoms with Crippen molar-refractivity contribution in [1.82, 2.24) is 4.57 Å². The Labute approximate surface area is 122 Å². The molecule has 0 aliphatic carbocycles. The molecule has 0 atom stereocenters. The monoisotopic (exact) mass is 281 g/mol. The minimum absolute atomic E-state index is 0.250. The number of phenols is 1. The van der Waals surface area contributed by atoms with Gasteiger partial charge in [-0.05, 0) is 23.8 Å². The number of aromatic hydroxyl groups is 1. The zero-order valence-corrected chi connectivity index (χ0v) is 11.6. The number of aromatic nitrogens is 1. The van der Waals surface area contributed by atoms with E-state index in [0.29, 0.717) is 5.75 Å². The SMILES string of the molecule is Cn1c(Cc2ccccc2)cc2ccc(O)cc21.O=C=O. The first-order valence-corrected chi connectivity index (χ1v) is 6.46. The Morgan fingerprint density at radius 2 is 1.71 bits per heavy atom. The van der Waals surface area contributed by atoms with E-state index in [1.807, 2.05) is 25.2 Å². The van der Waals surface area contributed by atoms with Crippen molar-refractivity contribution in [3.63, 3.8) is 0 Å². The summed E-state index contributed by atoms with van der Waals surface area (Å²) in [4.78, 5) is 16.2. The Morgan fingerprint density at radius 3 is 2.38 bits per heavy atom. The van der Waals surface area contributed by atoms with Crippen LogP contribution in [-0.2, 0) is 23.1 Å². The molecule has 2 aromatic carbocycles. The first-order chi connectivity index (χ1) is 10.2. The second kappa shape index (κ2) is 6.55. The Morgan fingerprint density at radius 1 is 1.05 bits per heavy atom. The maximum Gasteiger partial charge on any atom is 0.373 e. The summed E-state index contributed by atoms with van der Waals surface area (Å²) in [5.74, 6) is 0.315. The molecule has 0 bridgehead atoms. The van der Waals surface area contributed by atoms with E-state index in [-0.39, 0.29) is 6.15 Å². The molecule has 0 fully saturated rings. The molecule has 0 aliphatic rings. The van der Waals surface area contributed by atoms with Gasteiger partial charge in [0, 0.05) is 30.6 Å². The normalized spacial score (nSPS) is 9.76. The maximum absolute atomic E-state index is 9.54. The first-order valence-electron chi connectivity index (χ1n) is 6.46. The molecule has 0 saturated heterocycles. The fourth-order valence-electron chi connectivity index (χ4n) is 2.35. The van der Waals surface area contributed by atoms with E-state index in [2.05, 4.69) is 34.9 Å². The number of carbonyl (C=O) groups excluding carboxylic acids is 2. The van der Waals surface area contributed by atoms with Crippen molar-refractivity contribution in [2.75, 3.05) is 0 Å². The van der Waals surface area contributed by atoms with Crippen LogP contribution in [-0.4, -0.2) is 15.8 Å². The summed E-state index contributed by atoms with van der Waals surface area (Å²) in [6.45, 7) is 0. The first kappa shape index (κ1) is 14.6. The van der Waals surface area contributed by atoms with Gasteiger partial charge in [0.1, 0.15) is 5.75 Å². The summed E-state index contributed by atoms with van der Waals surface area (Å²) in [5.41, 5.74) is 3.62. The average molecular weight is 281 g/mol. The van der Waals surface area contributed by atoms with Crippen molar-refractivity contribution in [3.05, 3.63) is 65.9 Å². The smallest absolute Gasteiger partial charge is 0.373 e. The molecule has 0 spiro atoms. The molecule has 0 radical (unpaired) electrons. The second-order valence-corrected chi connectivity index (χ2v) is 4.68. The molecule has 1 N–H and O–H groups in total. The van der Waals surface area contributed by atoms with Crippen molar-refractivity contribution >= 4 is 17.1 Å². The van der Waals surface area contributed by atoms with Crippen LogP contribution in [0.15, 0.2) is 54.6 Å². The predicted octanol–water partition coefficient (Wildman–Crippen LogP) is 2.89. The third-order valence-corrected chi connectivity index (χ3v) is 3.36. The zero-order chi connectivity index (χ0) is 15.2. The van der Waals surface area contributed by atoms with E-state index in [0.717, 1.165) is 11.9 Å². The largest absolute Gasteiger partial charge is 0.508 e. The van der Waals surface area contributed by atoms with Gasteiger partial charge >= 0.3 is 6.15 Å². The van der Waals surface area contributed by atoms with Crippen molar-refractivity contribution in [2.24, 2.45) is 7.05 Å². The lowest BCUT2D eigenvalue weighted by Crippen LogP contribution is -1.96. The molecule has 1 aromatic heterocycles. The van der Waals surface area contributed by atoms with E-state index in [9.17, 15) is 5.11 Å². The van der Waals surface area contributed by atoms with E-state index < -0.39 is 0 Å². The van der Waals surface area contributed by atoms with Gasteiger partial charge in [-0.2, -0.15) is 9.59 Å². The highest BCUT2D eigenvalue weighted by Gasteiger charge is 2.06.